The number of aromatic nitrogens is 1. The van der Waals surface area contributed by atoms with Gasteiger partial charge in [0.25, 0.3) is 0 Å². The highest BCUT2D eigenvalue weighted by atomic mass is 35.5. The SMILES string of the molecule is CN(CC(=O)NCC(O)C(F)(F)F)c1ccc(Cl)cn1. The monoisotopic (exact) mass is 311 g/mol. The van der Waals surface area contributed by atoms with E-state index in [0.29, 0.717) is 10.8 Å². The molecular formula is C11H13ClF3N3O2. The summed E-state index contributed by atoms with van der Waals surface area (Å²) in [5.74, 6) is -0.214. The first-order valence-electron chi connectivity index (χ1n) is 5.54. The summed E-state index contributed by atoms with van der Waals surface area (Å²) in [5, 5.41) is 11.2. The van der Waals surface area contributed by atoms with Gasteiger partial charge in [-0.15, -0.1) is 0 Å². The number of carbonyl (C=O) groups is 1. The molecule has 0 fully saturated rings. The van der Waals surface area contributed by atoms with Crippen molar-refractivity contribution in [1.29, 1.82) is 0 Å². The van der Waals surface area contributed by atoms with Gasteiger partial charge in [-0.25, -0.2) is 4.98 Å². The summed E-state index contributed by atoms with van der Waals surface area (Å²) in [6.45, 7) is -1.08. The van der Waals surface area contributed by atoms with Crippen molar-refractivity contribution in [3.63, 3.8) is 0 Å². The molecule has 0 aliphatic rings. The molecule has 0 spiro atoms. The molecule has 0 saturated heterocycles. The third kappa shape index (κ3) is 5.22. The Hall–Kier alpha value is -1.54. The topological polar surface area (TPSA) is 65.5 Å². The van der Waals surface area contributed by atoms with E-state index >= 15 is 0 Å². The maximum absolute atomic E-state index is 12.0. The molecule has 1 rings (SSSR count). The average molecular weight is 312 g/mol. The molecule has 1 unspecified atom stereocenters. The van der Waals surface area contributed by atoms with Gasteiger partial charge < -0.3 is 15.3 Å². The maximum atomic E-state index is 12.0. The van der Waals surface area contributed by atoms with Crippen LogP contribution in [-0.2, 0) is 4.79 Å². The Kier molecular flexibility index (Phi) is 5.58. The second-order valence-electron chi connectivity index (χ2n) is 4.05. The van der Waals surface area contributed by atoms with E-state index in [2.05, 4.69) is 4.98 Å². The van der Waals surface area contributed by atoms with Crippen LogP contribution in [0.15, 0.2) is 18.3 Å². The van der Waals surface area contributed by atoms with Crippen molar-refractivity contribution in [1.82, 2.24) is 10.3 Å². The molecule has 2 N–H and O–H groups in total. The van der Waals surface area contributed by atoms with E-state index in [-0.39, 0.29) is 6.54 Å². The molecule has 1 aromatic heterocycles. The number of alkyl halides is 3. The van der Waals surface area contributed by atoms with Gasteiger partial charge in [-0.3, -0.25) is 4.79 Å². The summed E-state index contributed by atoms with van der Waals surface area (Å²) in [6, 6.07) is 3.14. The number of aliphatic hydroxyl groups is 1. The van der Waals surface area contributed by atoms with Crippen molar-refractivity contribution in [2.24, 2.45) is 0 Å². The first-order chi connectivity index (χ1) is 9.20. The third-order valence-corrected chi connectivity index (χ3v) is 2.58. The Morgan fingerprint density at radius 2 is 2.20 bits per heavy atom. The second-order valence-corrected chi connectivity index (χ2v) is 4.49. The zero-order valence-electron chi connectivity index (χ0n) is 10.5. The van der Waals surface area contributed by atoms with Gasteiger partial charge in [-0.05, 0) is 12.1 Å². The van der Waals surface area contributed by atoms with E-state index < -0.39 is 24.7 Å². The molecule has 0 aliphatic heterocycles. The van der Waals surface area contributed by atoms with Gasteiger partial charge in [-0.1, -0.05) is 11.6 Å². The Bertz CT molecular complexity index is 453. The lowest BCUT2D eigenvalue weighted by Crippen LogP contribution is -2.43. The Balaban J connectivity index is 2.44. The van der Waals surface area contributed by atoms with E-state index in [1.807, 2.05) is 5.32 Å². The predicted molar refractivity (Wildman–Crippen MR) is 67.6 cm³/mol. The Morgan fingerprint density at radius 3 is 2.70 bits per heavy atom. The number of aliphatic hydroxyl groups excluding tert-OH is 1. The van der Waals surface area contributed by atoms with Crippen LogP contribution in [-0.4, -0.2) is 48.4 Å². The first-order valence-corrected chi connectivity index (χ1v) is 5.92. The number of hydrogen-bond acceptors (Lipinski definition) is 4. The average Bonchev–Trinajstić information content (AvgIpc) is 2.35. The van der Waals surface area contributed by atoms with Gasteiger partial charge in [0.15, 0.2) is 6.10 Å². The summed E-state index contributed by atoms with van der Waals surface area (Å²) in [6.07, 6.45) is -5.94. The lowest BCUT2D eigenvalue weighted by Gasteiger charge is -2.19. The van der Waals surface area contributed by atoms with E-state index in [1.54, 1.807) is 19.2 Å². The summed E-state index contributed by atoms with van der Waals surface area (Å²) in [7, 11) is 1.55. The van der Waals surface area contributed by atoms with Gasteiger partial charge in [0.2, 0.25) is 5.91 Å². The number of nitrogens with zero attached hydrogens (tertiary/aromatic N) is 2. The maximum Gasteiger partial charge on any atom is 0.416 e. The minimum Gasteiger partial charge on any atom is -0.382 e. The second kappa shape index (κ2) is 6.76. The van der Waals surface area contributed by atoms with Crippen LogP contribution in [0.1, 0.15) is 0 Å². The van der Waals surface area contributed by atoms with Crippen LogP contribution in [0.4, 0.5) is 19.0 Å². The molecule has 1 aromatic rings. The largest absolute Gasteiger partial charge is 0.416 e. The molecule has 0 aliphatic carbocycles. The van der Waals surface area contributed by atoms with Crippen molar-refractivity contribution in [3.8, 4) is 0 Å². The minimum absolute atomic E-state index is 0.195. The zero-order chi connectivity index (χ0) is 15.3. The quantitative estimate of drug-likeness (QED) is 0.858. The Morgan fingerprint density at radius 1 is 1.55 bits per heavy atom. The van der Waals surface area contributed by atoms with Crippen LogP contribution in [0, 0.1) is 0 Å². The standard InChI is InChI=1S/C11H13ClF3N3O2/c1-18(9-3-2-7(12)4-16-9)6-10(20)17-5-8(19)11(13,14)15/h2-4,8,19H,5-6H2,1H3,(H,17,20). The van der Waals surface area contributed by atoms with E-state index in [0.717, 1.165) is 0 Å². The molecule has 9 heteroatoms. The van der Waals surface area contributed by atoms with Crippen LogP contribution in [0.25, 0.3) is 0 Å². The van der Waals surface area contributed by atoms with Crippen molar-refractivity contribution in [2.75, 3.05) is 25.0 Å². The van der Waals surface area contributed by atoms with Crippen molar-refractivity contribution in [3.05, 3.63) is 23.4 Å². The molecule has 20 heavy (non-hydrogen) atoms. The van der Waals surface area contributed by atoms with E-state index in [9.17, 15) is 18.0 Å². The summed E-state index contributed by atoms with van der Waals surface area (Å²) < 4.78 is 36.1. The highest BCUT2D eigenvalue weighted by molar-refractivity contribution is 6.30. The fraction of sp³-hybridized carbons (Fsp3) is 0.455. The fourth-order valence-electron chi connectivity index (χ4n) is 1.27. The van der Waals surface area contributed by atoms with Crippen LogP contribution >= 0.6 is 11.6 Å². The number of amides is 1. The van der Waals surface area contributed by atoms with Crippen LogP contribution < -0.4 is 10.2 Å². The summed E-state index contributed by atoms with van der Waals surface area (Å²) in [4.78, 5) is 16.8. The lowest BCUT2D eigenvalue weighted by atomic mass is 10.3. The van der Waals surface area contributed by atoms with Crippen molar-refractivity contribution < 1.29 is 23.1 Å². The Labute approximate surface area is 118 Å². The van der Waals surface area contributed by atoms with Crippen LogP contribution in [0.2, 0.25) is 5.02 Å². The highest BCUT2D eigenvalue weighted by Crippen LogP contribution is 2.19. The number of carbonyl (C=O) groups excluding carboxylic acids is 1. The summed E-state index contributed by atoms with van der Waals surface area (Å²) in [5.41, 5.74) is 0. The first kappa shape index (κ1) is 16.5. The lowest BCUT2D eigenvalue weighted by molar-refractivity contribution is -0.201. The molecule has 0 saturated carbocycles. The number of pyridine rings is 1. The highest BCUT2D eigenvalue weighted by Gasteiger charge is 2.38. The smallest absolute Gasteiger partial charge is 0.382 e. The molecule has 1 atom stereocenters. The molecule has 0 bridgehead atoms. The number of rotatable bonds is 5. The van der Waals surface area contributed by atoms with Gasteiger partial charge in [-0.2, -0.15) is 13.2 Å². The van der Waals surface area contributed by atoms with Crippen LogP contribution in [0.3, 0.4) is 0 Å². The van der Waals surface area contributed by atoms with Gasteiger partial charge in [0.05, 0.1) is 18.1 Å². The fourth-order valence-corrected chi connectivity index (χ4v) is 1.38. The number of nitrogens with one attached hydrogen (secondary N) is 1. The minimum atomic E-state index is -4.75. The molecular weight excluding hydrogens is 299 g/mol. The third-order valence-electron chi connectivity index (χ3n) is 2.35. The summed E-state index contributed by atoms with van der Waals surface area (Å²) >= 11 is 5.65. The van der Waals surface area contributed by atoms with Crippen LogP contribution in [0.5, 0.6) is 0 Å². The normalized spacial score (nSPS) is 12.9. The molecule has 0 radical (unpaired) electrons. The number of likely N-dealkylation sites (N-methyl/N-ethyl adjacent to an activating group) is 1. The van der Waals surface area contributed by atoms with Crippen molar-refractivity contribution in [2.45, 2.75) is 12.3 Å². The number of anilines is 1. The number of hydrogen-bond donors (Lipinski definition) is 2. The molecule has 0 aromatic carbocycles. The van der Waals surface area contributed by atoms with Gasteiger partial charge >= 0.3 is 6.18 Å². The molecule has 1 heterocycles. The van der Waals surface area contributed by atoms with E-state index in [1.165, 1.54) is 11.1 Å². The molecule has 1 amide bonds. The number of halogens is 4. The molecule has 112 valence electrons. The van der Waals surface area contributed by atoms with Gasteiger partial charge in [0.1, 0.15) is 5.82 Å². The zero-order valence-corrected chi connectivity index (χ0v) is 11.2. The van der Waals surface area contributed by atoms with Gasteiger partial charge in [0, 0.05) is 13.2 Å². The molecule has 5 nitrogen and oxygen atoms in total. The predicted octanol–water partition coefficient (Wildman–Crippen LogP) is 1.21. The van der Waals surface area contributed by atoms with Crippen molar-refractivity contribution >= 4 is 23.3 Å². The van der Waals surface area contributed by atoms with E-state index in [4.69, 9.17) is 16.7 Å².